The van der Waals surface area contributed by atoms with Crippen LogP contribution in [0.3, 0.4) is 0 Å². The van der Waals surface area contributed by atoms with Crippen LogP contribution in [-0.4, -0.2) is 38.8 Å². The zero-order chi connectivity index (χ0) is 15.2. The highest BCUT2D eigenvalue weighted by atomic mass is 19.1. The van der Waals surface area contributed by atoms with Gasteiger partial charge < -0.3 is 20.1 Å². The Morgan fingerprint density at radius 1 is 1.62 bits per heavy atom. The lowest BCUT2D eigenvalue weighted by Crippen LogP contribution is -2.44. The minimum atomic E-state index is -0.460. The van der Waals surface area contributed by atoms with Crippen molar-refractivity contribution in [1.82, 2.24) is 10.6 Å². The first kappa shape index (κ1) is 15.7. The third kappa shape index (κ3) is 4.15. The second-order valence-corrected chi connectivity index (χ2v) is 5.08. The Labute approximate surface area is 123 Å². The van der Waals surface area contributed by atoms with Gasteiger partial charge in [-0.1, -0.05) is 6.07 Å². The fraction of sp³-hybridized carbons (Fsp3) is 0.533. The first-order valence-corrected chi connectivity index (χ1v) is 7.04. The highest BCUT2D eigenvalue weighted by Crippen LogP contribution is 2.27. The first-order valence-electron chi connectivity index (χ1n) is 7.04. The zero-order valence-corrected chi connectivity index (χ0v) is 12.3. The molecule has 0 aliphatic carbocycles. The normalized spacial score (nSPS) is 19.9. The maximum Gasteiger partial charge on any atom is 0.222 e. The first-order chi connectivity index (χ1) is 10.1. The largest absolute Gasteiger partial charge is 0.496 e. The number of morpholine rings is 1. The Morgan fingerprint density at radius 3 is 3.10 bits per heavy atom. The third-order valence-electron chi connectivity index (χ3n) is 3.47. The maximum atomic E-state index is 13.9. The Kier molecular flexibility index (Phi) is 5.52. The Hall–Kier alpha value is -1.66. The van der Waals surface area contributed by atoms with E-state index in [1.165, 1.54) is 13.2 Å². The van der Waals surface area contributed by atoms with Crippen LogP contribution in [0.4, 0.5) is 4.39 Å². The number of carbonyl (C=O) groups excluding carboxylic acids is 1. The fourth-order valence-electron chi connectivity index (χ4n) is 2.46. The SMILES string of the molecule is COc1cccc(F)c1C(C)NC(=O)CC1COCCN1. The van der Waals surface area contributed by atoms with Crippen molar-refractivity contribution in [3.8, 4) is 5.75 Å². The summed E-state index contributed by atoms with van der Waals surface area (Å²) in [6.07, 6.45) is 0.307. The molecule has 0 spiro atoms. The summed E-state index contributed by atoms with van der Waals surface area (Å²) in [5.74, 6) is -0.0981. The highest BCUT2D eigenvalue weighted by Gasteiger charge is 2.21. The Bertz CT molecular complexity index is 490. The molecule has 1 aliphatic heterocycles. The molecular formula is C15H21FN2O3. The molecule has 1 saturated heterocycles. The van der Waals surface area contributed by atoms with Gasteiger partial charge in [-0.3, -0.25) is 4.79 Å². The van der Waals surface area contributed by atoms with Crippen LogP contribution < -0.4 is 15.4 Å². The van der Waals surface area contributed by atoms with E-state index < -0.39 is 6.04 Å². The molecule has 2 rings (SSSR count). The van der Waals surface area contributed by atoms with E-state index in [2.05, 4.69) is 10.6 Å². The molecule has 2 unspecified atom stereocenters. The molecular weight excluding hydrogens is 275 g/mol. The monoisotopic (exact) mass is 296 g/mol. The molecule has 1 aromatic carbocycles. The van der Waals surface area contributed by atoms with Crippen LogP contribution in [0.1, 0.15) is 24.9 Å². The van der Waals surface area contributed by atoms with Gasteiger partial charge in [0.25, 0.3) is 0 Å². The fourth-order valence-corrected chi connectivity index (χ4v) is 2.46. The van der Waals surface area contributed by atoms with E-state index in [0.29, 0.717) is 30.9 Å². The van der Waals surface area contributed by atoms with Crippen molar-refractivity contribution in [2.75, 3.05) is 26.9 Å². The van der Waals surface area contributed by atoms with Crippen LogP contribution in [0.5, 0.6) is 5.75 Å². The molecule has 0 aromatic heterocycles. The van der Waals surface area contributed by atoms with Crippen LogP contribution >= 0.6 is 0 Å². The Morgan fingerprint density at radius 2 is 2.43 bits per heavy atom. The number of benzene rings is 1. The van der Waals surface area contributed by atoms with Crippen LogP contribution in [0.15, 0.2) is 18.2 Å². The minimum absolute atomic E-state index is 0.00784. The minimum Gasteiger partial charge on any atom is -0.496 e. The highest BCUT2D eigenvalue weighted by molar-refractivity contribution is 5.77. The van der Waals surface area contributed by atoms with Gasteiger partial charge in [-0.05, 0) is 19.1 Å². The molecule has 0 radical (unpaired) electrons. The van der Waals surface area contributed by atoms with Gasteiger partial charge >= 0.3 is 0 Å². The Balaban J connectivity index is 1.97. The predicted molar refractivity (Wildman–Crippen MR) is 76.7 cm³/mol. The molecule has 21 heavy (non-hydrogen) atoms. The van der Waals surface area contributed by atoms with Crippen LogP contribution in [0.25, 0.3) is 0 Å². The van der Waals surface area contributed by atoms with Gasteiger partial charge in [0.1, 0.15) is 11.6 Å². The molecule has 2 atom stereocenters. The summed E-state index contributed by atoms with van der Waals surface area (Å²) >= 11 is 0. The van der Waals surface area contributed by atoms with Crippen molar-refractivity contribution in [3.05, 3.63) is 29.6 Å². The molecule has 6 heteroatoms. The molecule has 116 valence electrons. The molecule has 0 bridgehead atoms. The van der Waals surface area contributed by atoms with Crippen molar-refractivity contribution in [3.63, 3.8) is 0 Å². The number of ether oxygens (including phenoxy) is 2. The van der Waals surface area contributed by atoms with E-state index in [0.717, 1.165) is 6.54 Å². The summed E-state index contributed by atoms with van der Waals surface area (Å²) in [5, 5.41) is 6.02. The average molecular weight is 296 g/mol. The number of hydrogen-bond donors (Lipinski definition) is 2. The van der Waals surface area contributed by atoms with E-state index in [4.69, 9.17) is 9.47 Å². The van der Waals surface area contributed by atoms with Crippen LogP contribution in [0, 0.1) is 5.82 Å². The number of amides is 1. The number of methoxy groups -OCH3 is 1. The molecule has 1 amide bonds. The van der Waals surface area contributed by atoms with E-state index >= 15 is 0 Å². The maximum absolute atomic E-state index is 13.9. The van der Waals surface area contributed by atoms with Crippen molar-refractivity contribution in [2.45, 2.75) is 25.4 Å². The zero-order valence-electron chi connectivity index (χ0n) is 12.3. The summed E-state index contributed by atoms with van der Waals surface area (Å²) in [7, 11) is 1.48. The lowest BCUT2D eigenvalue weighted by atomic mass is 10.1. The lowest BCUT2D eigenvalue weighted by molar-refractivity contribution is -0.122. The second kappa shape index (κ2) is 7.38. The van der Waals surface area contributed by atoms with Crippen molar-refractivity contribution < 1.29 is 18.7 Å². The van der Waals surface area contributed by atoms with Gasteiger partial charge in [-0.15, -0.1) is 0 Å². The average Bonchev–Trinajstić information content (AvgIpc) is 2.47. The predicted octanol–water partition coefficient (Wildman–Crippen LogP) is 1.39. The molecule has 1 aliphatic rings. The van der Waals surface area contributed by atoms with Crippen LogP contribution in [0.2, 0.25) is 0 Å². The smallest absolute Gasteiger partial charge is 0.222 e. The molecule has 1 aromatic rings. The van der Waals surface area contributed by atoms with Gasteiger partial charge in [0.2, 0.25) is 5.91 Å². The van der Waals surface area contributed by atoms with Crippen molar-refractivity contribution in [2.24, 2.45) is 0 Å². The van der Waals surface area contributed by atoms with Gasteiger partial charge in [0.05, 0.1) is 31.9 Å². The van der Waals surface area contributed by atoms with Gasteiger partial charge in [0.15, 0.2) is 0 Å². The van der Waals surface area contributed by atoms with E-state index in [-0.39, 0.29) is 17.8 Å². The second-order valence-electron chi connectivity index (χ2n) is 5.08. The molecule has 0 saturated carbocycles. The quantitative estimate of drug-likeness (QED) is 0.862. The van der Waals surface area contributed by atoms with E-state index in [1.807, 2.05) is 0 Å². The number of nitrogens with one attached hydrogen (secondary N) is 2. The van der Waals surface area contributed by atoms with E-state index in [9.17, 15) is 9.18 Å². The van der Waals surface area contributed by atoms with E-state index in [1.54, 1.807) is 19.1 Å². The van der Waals surface area contributed by atoms with Crippen molar-refractivity contribution in [1.29, 1.82) is 0 Å². The number of hydrogen-bond acceptors (Lipinski definition) is 4. The standard InChI is InChI=1S/C15H21FN2O3/c1-10(15-12(16)4-3-5-13(15)20-2)18-14(19)8-11-9-21-7-6-17-11/h3-5,10-11,17H,6-9H2,1-2H3,(H,18,19). The summed E-state index contributed by atoms with van der Waals surface area (Å²) in [4.78, 5) is 12.0. The number of halogens is 1. The van der Waals surface area contributed by atoms with Gasteiger partial charge in [-0.2, -0.15) is 0 Å². The number of carbonyl (C=O) groups is 1. The summed E-state index contributed by atoms with van der Waals surface area (Å²) < 4.78 is 24.4. The molecule has 1 heterocycles. The molecule has 5 nitrogen and oxygen atoms in total. The third-order valence-corrected chi connectivity index (χ3v) is 3.47. The topological polar surface area (TPSA) is 59.6 Å². The summed E-state index contributed by atoms with van der Waals surface area (Å²) in [6, 6.07) is 4.16. The lowest BCUT2D eigenvalue weighted by Gasteiger charge is -2.24. The summed E-state index contributed by atoms with van der Waals surface area (Å²) in [5.41, 5.74) is 0.362. The van der Waals surface area contributed by atoms with Gasteiger partial charge in [-0.25, -0.2) is 4.39 Å². The molecule has 1 fully saturated rings. The van der Waals surface area contributed by atoms with Crippen molar-refractivity contribution >= 4 is 5.91 Å². The van der Waals surface area contributed by atoms with Crippen LogP contribution in [-0.2, 0) is 9.53 Å². The summed E-state index contributed by atoms with van der Waals surface area (Å²) in [6.45, 7) is 3.67. The van der Waals surface area contributed by atoms with Gasteiger partial charge in [0, 0.05) is 19.0 Å². The number of rotatable bonds is 5. The molecule has 2 N–H and O–H groups in total.